The summed E-state index contributed by atoms with van der Waals surface area (Å²) in [6.07, 6.45) is 1.44. The third-order valence-electron chi connectivity index (χ3n) is 4.83. The van der Waals surface area contributed by atoms with Crippen LogP contribution in [0.2, 0.25) is 5.02 Å². The van der Waals surface area contributed by atoms with E-state index in [1.807, 2.05) is 13.0 Å². The smallest absolute Gasteiger partial charge is 0.269 e. The van der Waals surface area contributed by atoms with Crippen molar-refractivity contribution in [2.75, 3.05) is 12.4 Å². The Morgan fingerprint density at radius 3 is 2.50 bits per heavy atom. The first kappa shape index (κ1) is 24.3. The number of aryl methyl sites for hydroxylation is 1. The number of nitro groups is 1. The molecule has 0 fully saturated rings. The molecule has 3 aromatic carbocycles. The summed E-state index contributed by atoms with van der Waals surface area (Å²) < 4.78 is 11.2. The Hall–Kier alpha value is -4.35. The average molecular weight is 478 g/mol. The molecule has 0 bridgehead atoms. The molecule has 0 unspecified atom stereocenters. The first-order valence-electron chi connectivity index (χ1n) is 10.0. The molecule has 34 heavy (non-hydrogen) atoms. The maximum Gasteiger partial charge on any atom is 0.269 e. The van der Waals surface area contributed by atoms with Gasteiger partial charge in [0.1, 0.15) is 18.2 Å². The second-order valence-corrected chi connectivity index (χ2v) is 7.62. The normalized spacial score (nSPS) is 10.8. The van der Waals surface area contributed by atoms with E-state index in [4.69, 9.17) is 21.1 Å². The van der Waals surface area contributed by atoms with Gasteiger partial charge in [-0.1, -0.05) is 23.7 Å². The van der Waals surface area contributed by atoms with Crippen molar-refractivity contribution >= 4 is 35.0 Å². The summed E-state index contributed by atoms with van der Waals surface area (Å²) in [5.41, 5.74) is 2.57. The van der Waals surface area contributed by atoms with Crippen LogP contribution in [0.5, 0.6) is 11.5 Å². The van der Waals surface area contributed by atoms with Crippen LogP contribution in [-0.4, -0.2) is 17.9 Å². The molecule has 0 aliphatic rings. The minimum atomic E-state index is -0.570. The van der Waals surface area contributed by atoms with E-state index >= 15 is 0 Å². The number of halogens is 1. The number of carbonyl (C=O) groups is 1. The number of hydrogen-bond acceptors (Lipinski definition) is 6. The number of hydrogen-bond donors (Lipinski definition) is 1. The minimum Gasteiger partial charge on any atom is -0.493 e. The van der Waals surface area contributed by atoms with E-state index in [1.165, 1.54) is 25.3 Å². The molecule has 3 rings (SSSR count). The fourth-order valence-corrected chi connectivity index (χ4v) is 3.13. The number of amides is 1. The Morgan fingerprint density at radius 1 is 1.15 bits per heavy atom. The van der Waals surface area contributed by atoms with Crippen LogP contribution in [0.25, 0.3) is 6.08 Å². The van der Waals surface area contributed by atoms with Crippen LogP contribution >= 0.6 is 11.6 Å². The van der Waals surface area contributed by atoms with Crippen molar-refractivity contribution in [1.82, 2.24) is 0 Å². The van der Waals surface area contributed by atoms with Gasteiger partial charge in [0.05, 0.1) is 12.0 Å². The van der Waals surface area contributed by atoms with Gasteiger partial charge in [0.25, 0.3) is 11.6 Å². The SMILES string of the molecule is COc1cc(/C=C(\C#N)C(=O)Nc2ccc(C)c(Cl)c2)ccc1OCc1ccc([N+](=O)[O-])cc1. The van der Waals surface area contributed by atoms with Gasteiger partial charge in [-0.15, -0.1) is 0 Å². The maximum absolute atomic E-state index is 12.5. The van der Waals surface area contributed by atoms with Gasteiger partial charge in [0.2, 0.25) is 0 Å². The topological polar surface area (TPSA) is 114 Å². The van der Waals surface area contributed by atoms with Gasteiger partial charge in [-0.25, -0.2) is 0 Å². The van der Waals surface area contributed by atoms with Gasteiger partial charge in [0.15, 0.2) is 11.5 Å². The van der Waals surface area contributed by atoms with Crippen LogP contribution < -0.4 is 14.8 Å². The molecule has 1 amide bonds. The van der Waals surface area contributed by atoms with Crippen LogP contribution in [0.1, 0.15) is 16.7 Å². The molecule has 0 heterocycles. The Kier molecular flexibility index (Phi) is 7.85. The van der Waals surface area contributed by atoms with Gasteiger partial charge in [-0.2, -0.15) is 5.26 Å². The molecule has 172 valence electrons. The fourth-order valence-electron chi connectivity index (χ4n) is 2.95. The second kappa shape index (κ2) is 11.0. The van der Waals surface area contributed by atoms with Crippen LogP contribution in [-0.2, 0) is 11.4 Å². The summed E-state index contributed by atoms with van der Waals surface area (Å²) >= 11 is 6.09. The summed E-state index contributed by atoms with van der Waals surface area (Å²) in [5, 5.41) is 23.4. The average Bonchev–Trinajstić information content (AvgIpc) is 2.83. The van der Waals surface area contributed by atoms with Crippen molar-refractivity contribution < 1.29 is 19.2 Å². The molecular formula is C25H20ClN3O5. The summed E-state index contributed by atoms with van der Waals surface area (Å²) in [6.45, 7) is 2.02. The van der Waals surface area contributed by atoms with E-state index in [1.54, 1.807) is 48.5 Å². The third-order valence-corrected chi connectivity index (χ3v) is 5.24. The molecule has 0 atom stereocenters. The Bertz CT molecular complexity index is 1300. The number of nitrogens with one attached hydrogen (secondary N) is 1. The number of ether oxygens (including phenoxy) is 2. The quantitative estimate of drug-likeness (QED) is 0.193. The van der Waals surface area contributed by atoms with E-state index in [0.29, 0.717) is 27.8 Å². The van der Waals surface area contributed by atoms with Crippen molar-refractivity contribution in [1.29, 1.82) is 5.26 Å². The van der Waals surface area contributed by atoms with Crippen LogP contribution in [0, 0.1) is 28.4 Å². The number of non-ortho nitro benzene ring substituents is 1. The van der Waals surface area contributed by atoms with E-state index in [0.717, 1.165) is 11.1 Å². The number of nitrogens with zero attached hydrogens (tertiary/aromatic N) is 2. The summed E-state index contributed by atoms with van der Waals surface area (Å²) in [4.78, 5) is 22.8. The largest absolute Gasteiger partial charge is 0.493 e. The molecule has 0 aliphatic carbocycles. The maximum atomic E-state index is 12.5. The highest BCUT2D eigenvalue weighted by molar-refractivity contribution is 6.31. The summed E-state index contributed by atoms with van der Waals surface area (Å²) in [7, 11) is 1.47. The summed E-state index contributed by atoms with van der Waals surface area (Å²) in [5.74, 6) is 0.272. The molecule has 0 spiro atoms. The molecule has 0 aromatic heterocycles. The van der Waals surface area contributed by atoms with Crippen LogP contribution in [0.4, 0.5) is 11.4 Å². The van der Waals surface area contributed by atoms with Crippen molar-refractivity contribution in [2.45, 2.75) is 13.5 Å². The zero-order valence-corrected chi connectivity index (χ0v) is 19.1. The number of rotatable bonds is 8. The Labute approximate surface area is 201 Å². The zero-order valence-electron chi connectivity index (χ0n) is 18.4. The lowest BCUT2D eigenvalue weighted by atomic mass is 10.1. The Morgan fingerprint density at radius 2 is 1.88 bits per heavy atom. The monoisotopic (exact) mass is 477 g/mol. The number of anilines is 1. The highest BCUT2D eigenvalue weighted by atomic mass is 35.5. The molecule has 8 nitrogen and oxygen atoms in total. The Balaban J connectivity index is 1.73. The standard InChI is InChI=1S/C25H20ClN3O5/c1-16-3-7-20(13-22(16)26)28-25(30)19(14-27)11-18-6-10-23(24(12-18)33-2)34-15-17-4-8-21(9-5-17)29(31)32/h3-13H,15H2,1-2H3,(H,28,30)/b19-11+. The lowest BCUT2D eigenvalue weighted by Crippen LogP contribution is -2.13. The first-order chi connectivity index (χ1) is 16.3. The predicted molar refractivity (Wildman–Crippen MR) is 129 cm³/mol. The predicted octanol–water partition coefficient (Wildman–Crippen LogP) is 5.69. The highest BCUT2D eigenvalue weighted by Crippen LogP contribution is 2.30. The van der Waals surface area contributed by atoms with Crippen molar-refractivity contribution in [2.24, 2.45) is 0 Å². The van der Waals surface area contributed by atoms with Crippen molar-refractivity contribution in [3.63, 3.8) is 0 Å². The molecule has 1 N–H and O–H groups in total. The lowest BCUT2D eigenvalue weighted by molar-refractivity contribution is -0.384. The van der Waals surface area contributed by atoms with E-state index in [2.05, 4.69) is 5.32 Å². The van der Waals surface area contributed by atoms with Gasteiger partial charge in [0, 0.05) is 22.8 Å². The van der Waals surface area contributed by atoms with Gasteiger partial charge < -0.3 is 14.8 Å². The lowest BCUT2D eigenvalue weighted by Gasteiger charge is -2.12. The van der Waals surface area contributed by atoms with Gasteiger partial charge in [-0.05, 0) is 66.1 Å². The number of nitriles is 1. The fraction of sp³-hybridized carbons (Fsp3) is 0.120. The molecular weight excluding hydrogens is 458 g/mol. The number of methoxy groups -OCH3 is 1. The van der Waals surface area contributed by atoms with E-state index in [9.17, 15) is 20.2 Å². The van der Waals surface area contributed by atoms with Gasteiger partial charge in [-0.3, -0.25) is 14.9 Å². The van der Waals surface area contributed by atoms with Crippen molar-refractivity contribution in [3.05, 3.63) is 98.1 Å². The third kappa shape index (κ3) is 6.12. The minimum absolute atomic E-state index is 0.000260. The number of carbonyl (C=O) groups excluding carboxylic acids is 1. The zero-order chi connectivity index (χ0) is 24.7. The summed E-state index contributed by atoms with van der Waals surface area (Å²) in [6, 6.07) is 18.0. The van der Waals surface area contributed by atoms with Crippen molar-refractivity contribution in [3.8, 4) is 17.6 Å². The van der Waals surface area contributed by atoms with Gasteiger partial charge >= 0.3 is 0 Å². The number of benzene rings is 3. The van der Waals surface area contributed by atoms with E-state index < -0.39 is 10.8 Å². The second-order valence-electron chi connectivity index (χ2n) is 7.21. The van der Waals surface area contributed by atoms with E-state index in [-0.39, 0.29) is 17.9 Å². The molecule has 0 saturated heterocycles. The highest BCUT2D eigenvalue weighted by Gasteiger charge is 2.12. The molecule has 3 aromatic rings. The molecule has 0 aliphatic heterocycles. The molecule has 0 saturated carbocycles. The number of nitro benzene ring substituents is 1. The molecule has 0 radical (unpaired) electrons. The van der Waals surface area contributed by atoms with Crippen LogP contribution in [0.15, 0.2) is 66.2 Å². The molecule has 9 heteroatoms. The van der Waals surface area contributed by atoms with Crippen LogP contribution in [0.3, 0.4) is 0 Å². The first-order valence-corrected chi connectivity index (χ1v) is 10.4.